The van der Waals surface area contributed by atoms with E-state index in [9.17, 15) is 4.39 Å². The van der Waals surface area contributed by atoms with Crippen molar-refractivity contribution in [1.82, 2.24) is 15.3 Å². The number of hydrogen-bond donors (Lipinski definition) is 3. The van der Waals surface area contributed by atoms with Crippen molar-refractivity contribution < 1.29 is 4.39 Å². The van der Waals surface area contributed by atoms with Crippen LogP contribution in [0.15, 0.2) is 65.9 Å². The van der Waals surface area contributed by atoms with Gasteiger partial charge in [0.15, 0.2) is 5.96 Å². The summed E-state index contributed by atoms with van der Waals surface area (Å²) in [5, 5.41) is 3.51. The summed E-state index contributed by atoms with van der Waals surface area (Å²) in [4.78, 5) is 13.6. The highest BCUT2D eigenvalue weighted by atomic mass is 19.1. The summed E-state index contributed by atoms with van der Waals surface area (Å²) in [6.45, 7) is 1.94. The van der Waals surface area contributed by atoms with Gasteiger partial charge in [-0.25, -0.2) is 9.38 Å². The minimum atomic E-state index is -1.06. The third-order valence-corrected chi connectivity index (χ3v) is 4.75. The van der Waals surface area contributed by atoms with E-state index in [2.05, 4.69) is 15.3 Å². The second-order valence-corrected chi connectivity index (χ2v) is 6.56. The Morgan fingerprint density at radius 3 is 2.78 bits per heavy atom. The van der Waals surface area contributed by atoms with E-state index < -0.39 is 5.66 Å². The van der Waals surface area contributed by atoms with Crippen LogP contribution in [0.2, 0.25) is 0 Å². The average molecular weight is 362 g/mol. The molecule has 4 rings (SSSR count). The van der Waals surface area contributed by atoms with Crippen LogP contribution in [0.3, 0.4) is 0 Å². The molecule has 0 fully saturated rings. The number of aromatic nitrogens is 2. The topological polar surface area (TPSA) is 102 Å². The van der Waals surface area contributed by atoms with E-state index in [-0.39, 0.29) is 17.7 Å². The second-order valence-electron chi connectivity index (χ2n) is 6.56. The molecule has 136 valence electrons. The molecule has 0 saturated carbocycles. The van der Waals surface area contributed by atoms with Gasteiger partial charge in [-0.15, -0.1) is 0 Å². The van der Waals surface area contributed by atoms with Gasteiger partial charge in [-0.2, -0.15) is 0 Å². The van der Waals surface area contributed by atoms with Crippen molar-refractivity contribution >= 4 is 16.9 Å². The smallest absolute Gasteiger partial charge is 0.194 e. The number of benzene rings is 1. The Hall–Kier alpha value is -3.32. The summed E-state index contributed by atoms with van der Waals surface area (Å²) >= 11 is 0. The average Bonchev–Trinajstić information content (AvgIpc) is 2.67. The van der Waals surface area contributed by atoms with Gasteiger partial charge >= 0.3 is 0 Å². The number of fused-ring (bicyclic) bond motifs is 1. The van der Waals surface area contributed by atoms with Crippen LogP contribution < -0.4 is 16.8 Å². The summed E-state index contributed by atoms with van der Waals surface area (Å²) in [7, 11) is 0. The maximum atomic E-state index is 13.7. The van der Waals surface area contributed by atoms with Crippen LogP contribution in [0.25, 0.3) is 22.2 Å². The zero-order valence-electron chi connectivity index (χ0n) is 14.7. The summed E-state index contributed by atoms with van der Waals surface area (Å²) in [6.07, 6.45) is 5.14. The third-order valence-electron chi connectivity index (χ3n) is 4.75. The quantitative estimate of drug-likeness (QED) is 0.665. The number of rotatable bonds is 3. The molecular weight excluding hydrogens is 343 g/mol. The van der Waals surface area contributed by atoms with Crippen molar-refractivity contribution in [1.29, 1.82) is 0 Å². The lowest BCUT2D eigenvalue weighted by Gasteiger charge is -2.32. The molecule has 0 saturated heterocycles. The molecule has 2 aromatic heterocycles. The maximum absolute atomic E-state index is 13.7. The van der Waals surface area contributed by atoms with Crippen molar-refractivity contribution in [3.8, 4) is 11.3 Å². The van der Waals surface area contributed by atoms with Gasteiger partial charge in [-0.1, -0.05) is 13.0 Å². The van der Waals surface area contributed by atoms with E-state index >= 15 is 0 Å². The molecule has 3 aromatic rings. The number of aliphatic imine (C=N–C) groups is 1. The first-order valence-corrected chi connectivity index (χ1v) is 8.56. The fourth-order valence-corrected chi connectivity index (χ4v) is 3.22. The Morgan fingerprint density at radius 1 is 1.19 bits per heavy atom. The minimum absolute atomic E-state index is 0.245. The summed E-state index contributed by atoms with van der Waals surface area (Å²) < 4.78 is 13.7. The maximum Gasteiger partial charge on any atom is 0.194 e. The van der Waals surface area contributed by atoms with E-state index in [4.69, 9.17) is 16.5 Å². The number of halogens is 1. The zero-order chi connectivity index (χ0) is 19.0. The van der Waals surface area contributed by atoms with Gasteiger partial charge in [0.2, 0.25) is 0 Å². The van der Waals surface area contributed by atoms with Crippen molar-refractivity contribution in [2.24, 2.45) is 16.5 Å². The monoisotopic (exact) mass is 362 g/mol. The Labute approximate surface area is 155 Å². The fourth-order valence-electron chi connectivity index (χ4n) is 3.22. The van der Waals surface area contributed by atoms with E-state index in [1.165, 1.54) is 12.1 Å². The van der Waals surface area contributed by atoms with Gasteiger partial charge in [-0.05, 0) is 42.5 Å². The lowest BCUT2D eigenvalue weighted by Crippen LogP contribution is -2.48. The number of guanidine groups is 1. The summed E-state index contributed by atoms with van der Waals surface area (Å²) in [5.41, 5.74) is 14.2. The van der Waals surface area contributed by atoms with Crippen LogP contribution in [0.4, 0.5) is 4.39 Å². The van der Waals surface area contributed by atoms with E-state index in [1.54, 1.807) is 24.5 Å². The highest BCUT2D eigenvalue weighted by molar-refractivity contribution is 5.85. The Morgan fingerprint density at radius 2 is 2.04 bits per heavy atom. The van der Waals surface area contributed by atoms with E-state index in [0.717, 1.165) is 17.0 Å². The van der Waals surface area contributed by atoms with Crippen LogP contribution in [-0.2, 0) is 0 Å². The highest BCUT2D eigenvalue weighted by Gasteiger charge is 2.35. The van der Waals surface area contributed by atoms with Gasteiger partial charge < -0.3 is 16.8 Å². The molecule has 1 aliphatic rings. The second kappa shape index (κ2) is 6.44. The number of nitrogens with two attached hydrogens (primary N) is 2. The molecule has 0 spiro atoms. The number of pyridine rings is 2. The molecule has 5 N–H and O–H groups in total. The van der Waals surface area contributed by atoms with Crippen molar-refractivity contribution in [2.45, 2.75) is 18.5 Å². The molecule has 7 heteroatoms. The van der Waals surface area contributed by atoms with Crippen LogP contribution in [0, 0.1) is 5.82 Å². The van der Waals surface area contributed by atoms with Gasteiger partial charge in [0, 0.05) is 29.3 Å². The lowest BCUT2D eigenvalue weighted by atomic mass is 9.87. The standard InChI is InChI=1S/C20H19FN6/c1-12(20(23)7-9-25-19(22)27-20)18-15(17-4-2-3-8-24-17)11-13-10-14(21)5-6-16(13)26-18/h2-12H,23H2,1H3,(H3,22,25,27)/t12-,20?/m1/s1. The van der Waals surface area contributed by atoms with Crippen LogP contribution in [0.1, 0.15) is 18.5 Å². The Balaban J connectivity index is 1.94. The van der Waals surface area contributed by atoms with Crippen LogP contribution >= 0.6 is 0 Å². The van der Waals surface area contributed by atoms with Gasteiger partial charge in [0.1, 0.15) is 11.5 Å². The Bertz CT molecular complexity index is 1060. The van der Waals surface area contributed by atoms with E-state index in [1.807, 2.05) is 31.2 Å². The third kappa shape index (κ3) is 3.13. The first-order chi connectivity index (χ1) is 13.0. The predicted octanol–water partition coefficient (Wildman–Crippen LogP) is 2.63. The summed E-state index contributed by atoms with van der Waals surface area (Å²) in [6, 6.07) is 12.0. The minimum Gasteiger partial charge on any atom is -0.370 e. The molecule has 1 aliphatic heterocycles. The zero-order valence-corrected chi connectivity index (χ0v) is 14.7. The normalized spacial score (nSPS) is 20.2. The molecule has 0 aliphatic carbocycles. The molecule has 0 bridgehead atoms. The largest absolute Gasteiger partial charge is 0.370 e. The molecule has 1 unspecified atom stereocenters. The first-order valence-electron chi connectivity index (χ1n) is 8.56. The van der Waals surface area contributed by atoms with Crippen molar-refractivity contribution in [3.05, 3.63) is 72.4 Å². The fraction of sp³-hybridized carbons (Fsp3) is 0.150. The molecule has 0 radical (unpaired) electrons. The first kappa shape index (κ1) is 17.1. The van der Waals surface area contributed by atoms with E-state index in [0.29, 0.717) is 10.9 Å². The number of hydrogen-bond acceptors (Lipinski definition) is 6. The Kier molecular flexibility index (Phi) is 4.08. The molecule has 2 atom stereocenters. The molecule has 1 aromatic carbocycles. The van der Waals surface area contributed by atoms with Gasteiger partial charge in [-0.3, -0.25) is 9.97 Å². The van der Waals surface area contributed by atoms with Crippen LogP contribution in [-0.4, -0.2) is 21.6 Å². The van der Waals surface area contributed by atoms with Crippen molar-refractivity contribution in [2.75, 3.05) is 0 Å². The summed E-state index contributed by atoms with van der Waals surface area (Å²) in [5.74, 6) is -0.374. The number of nitrogens with one attached hydrogen (secondary N) is 1. The van der Waals surface area contributed by atoms with Gasteiger partial charge in [0.25, 0.3) is 0 Å². The predicted molar refractivity (Wildman–Crippen MR) is 104 cm³/mol. The number of nitrogens with zero attached hydrogens (tertiary/aromatic N) is 3. The molecular formula is C20H19FN6. The van der Waals surface area contributed by atoms with Crippen molar-refractivity contribution in [3.63, 3.8) is 0 Å². The molecule has 0 amide bonds. The molecule has 27 heavy (non-hydrogen) atoms. The SMILES string of the molecule is C[C@H](c1nc2ccc(F)cc2cc1-c1ccccn1)C1(N)C=CNC(N)=N1. The lowest BCUT2D eigenvalue weighted by molar-refractivity contribution is 0.452. The van der Waals surface area contributed by atoms with Crippen LogP contribution in [0.5, 0.6) is 0 Å². The molecule has 3 heterocycles. The highest BCUT2D eigenvalue weighted by Crippen LogP contribution is 2.36. The van der Waals surface area contributed by atoms with Gasteiger partial charge in [0.05, 0.1) is 16.9 Å². The molecule has 6 nitrogen and oxygen atoms in total.